The van der Waals surface area contributed by atoms with E-state index in [0.29, 0.717) is 13.2 Å². The maximum Gasteiger partial charge on any atom is 0.138 e. The normalized spacial score (nSPS) is 10.5. The Morgan fingerprint density at radius 2 is 2.00 bits per heavy atom. The lowest BCUT2D eigenvalue weighted by Crippen LogP contribution is -2.01. The topological polar surface area (TPSA) is 48.4 Å². The van der Waals surface area contributed by atoms with Gasteiger partial charge in [-0.15, -0.1) is 0 Å². The fourth-order valence-electron chi connectivity index (χ4n) is 1.75. The first-order valence-electron chi connectivity index (χ1n) is 5.86. The van der Waals surface area contributed by atoms with Crippen molar-refractivity contribution in [3.63, 3.8) is 0 Å². The highest BCUT2D eigenvalue weighted by molar-refractivity contribution is 5.65. The molecule has 2 rings (SSSR count). The Labute approximate surface area is 101 Å². The van der Waals surface area contributed by atoms with Gasteiger partial charge in [-0.25, -0.2) is 0 Å². The second kappa shape index (κ2) is 5.55. The summed E-state index contributed by atoms with van der Waals surface area (Å²) in [5.74, 6) is 2.59. The minimum Gasteiger partial charge on any atom is -0.493 e. The maximum absolute atomic E-state index is 5.74. The molecule has 17 heavy (non-hydrogen) atoms. The largest absolute Gasteiger partial charge is 0.493 e. The van der Waals surface area contributed by atoms with Gasteiger partial charge < -0.3 is 14.9 Å². The average molecular weight is 231 g/mol. The first kappa shape index (κ1) is 11.7. The third kappa shape index (κ3) is 2.68. The highest BCUT2D eigenvalue weighted by Gasteiger charge is 2.09. The molecule has 90 valence electrons. The standard InChI is InChI=1S/C14H17NO2/c1-2-16-13-6-4-3-5-12(13)14-8-7-11(17-14)9-10-15/h3-8H,2,9-10,15H2,1H3. The van der Waals surface area contributed by atoms with Crippen LogP contribution in [0.4, 0.5) is 0 Å². The van der Waals surface area contributed by atoms with Crippen LogP contribution < -0.4 is 10.5 Å². The van der Waals surface area contributed by atoms with Gasteiger partial charge in [0.15, 0.2) is 0 Å². The Morgan fingerprint density at radius 1 is 1.18 bits per heavy atom. The van der Waals surface area contributed by atoms with Crippen LogP contribution >= 0.6 is 0 Å². The summed E-state index contributed by atoms with van der Waals surface area (Å²) in [5, 5.41) is 0. The van der Waals surface area contributed by atoms with Crippen LogP contribution in [-0.4, -0.2) is 13.2 Å². The summed E-state index contributed by atoms with van der Waals surface area (Å²) < 4.78 is 11.3. The van der Waals surface area contributed by atoms with Gasteiger partial charge in [-0.1, -0.05) is 12.1 Å². The van der Waals surface area contributed by atoms with E-state index >= 15 is 0 Å². The van der Waals surface area contributed by atoms with Gasteiger partial charge in [0.25, 0.3) is 0 Å². The number of benzene rings is 1. The Hall–Kier alpha value is -1.74. The van der Waals surface area contributed by atoms with Crippen molar-refractivity contribution in [3.8, 4) is 17.1 Å². The van der Waals surface area contributed by atoms with Crippen LogP contribution in [0.1, 0.15) is 12.7 Å². The van der Waals surface area contributed by atoms with E-state index in [1.165, 1.54) is 0 Å². The molecule has 0 aliphatic rings. The summed E-state index contributed by atoms with van der Waals surface area (Å²) in [5.41, 5.74) is 6.49. The number of rotatable bonds is 5. The molecular formula is C14H17NO2. The van der Waals surface area contributed by atoms with E-state index in [9.17, 15) is 0 Å². The van der Waals surface area contributed by atoms with E-state index in [2.05, 4.69) is 0 Å². The summed E-state index contributed by atoms with van der Waals surface area (Å²) in [6, 6.07) is 11.8. The third-order valence-electron chi connectivity index (χ3n) is 2.50. The van der Waals surface area contributed by atoms with Crippen molar-refractivity contribution in [2.24, 2.45) is 5.73 Å². The number of ether oxygens (including phenoxy) is 1. The lowest BCUT2D eigenvalue weighted by Gasteiger charge is -2.07. The average Bonchev–Trinajstić information content (AvgIpc) is 2.79. The summed E-state index contributed by atoms with van der Waals surface area (Å²) in [4.78, 5) is 0. The second-order valence-corrected chi connectivity index (χ2v) is 3.73. The van der Waals surface area contributed by atoms with Crippen molar-refractivity contribution >= 4 is 0 Å². The zero-order valence-corrected chi connectivity index (χ0v) is 9.98. The molecule has 3 heteroatoms. The summed E-state index contributed by atoms with van der Waals surface area (Å²) in [7, 11) is 0. The van der Waals surface area contributed by atoms with Crippen molar-refractivity contribution in [1.29, 1.82) is 0 Å². The highest BCUT2D eigenvalue weighted by Crippen LogP contribution is 2.31. The van der Waals surface area contributed by atoms with Crippen LogP contribution in [0.25, 0.3) is 11.3 Å². The molecule has 1 aromatic carbocycles. The zero-order valence-electron chi connectivity index (χ0n) is 9.98. The van der Waals surface area contributed by atoms with Gasteiger partial charge in [-0.05, 0) is 37.7 Å². The fraction of sp³-hybridized carbons (Fsp3) is 0.286. The molecule has 1 heterocycles. The number of nitrogens with two attached hydrogens (primary N) is 1. The molecule has 0 fully saturated rings. The van der Waals surface area contributed by atoms with E-state index < -0.39 is 0 Å². The number of hydrogen-bond acceptors (Lipinski definition) is 3. The molecule has 3 nitrogen and oxygen atoms in total. The number of furan rings is 1. The second-order valence-electron chi connectivity index (χ2n) is 3.73. The summed E-state index contributed by atoms with van der Waals surface area (Å²) in [6.45, 7) is 3.21. The van der Waals surface area contributed by atoms with E-state index in [1.807, 2.05) is 43.3 Å². The smallest absolute Gasteiger partial charge is 0.138 e. The third-order valence-corrected chi connectivity index (χ3v) is 2.50. The van der Waals surface area contributed by atoms with E-state index in [-0.39, 0.29) is 0 Å². The van der Waals surface area contributed by atoms with Crippen LogP contribution in [0, 0.1) is 0 Å². The van der Waals surface area contributed by atoms with E-state index in [0.717, 1.165) is 29.3 Å². The fourth-order valence-corrected chi connectivity index (χ4v) is 1.75. The van der Waals surface area contributed by atoms with Crippen LogP contribution in [-0.2, 0) is 6.42 Å². The first-order valence-corrected chi connectivity index (χ1v) is 5.86. The molecule has 0 saturated carbocycles. The minimum atomic E-state index is 0.597. The molecule has 1 aromatic heterocycles. The molecule has 2 N–H and O–H groups in total. The molecule has 0 aliphatic heterocycles. The quantitative estimate of drug-likeness (QED) is 0.860. The molecule has 0 bridgehead atoms. The Bertz CT molecular complexity index is 477. The van der Waals surface area contributed by atoms with Gasteiger partial charge in [0.1, 0.15) is 17.3 Å². The minimum absolute atomic E-state index is 0.597. The SMILES string of the molecule is CCOc1ccccc1-c1ccc(CCN)o1. The molecule has 2 aromatic rings. The highest BCUT2D eigenvalue weighted by atomic mass is 16.5. The van der Waals surface area contributed by atoms with Crippen LogP contribution in [0.2, 0.25) is 0 Å². The Morgan fingerprint density at radius 3 is 2.76 bits per heavy atom. The Kier molecular flexibility index (Phi) is 3.83. The van der Waals surface area contributed by atoms with Gasteiger partial charge in [0, 0.05) is 6.42 Å². The number of hydrogen-bond donors (Lipinski definition) is 1. The summed E-state index contributed by atoms with van der Waals surface area (Å²) in [6.07, 6.45) is 0.761. The predicted octanol–water partition coefficient (Wildman–Crippen LogP) is 2.85. The Balaban J connectivity index is 2.31. The van der Waals surface area contributed by atoms with Gasteiger partial charge in [0.05, 0.1) is 12.2 Å². The predicted molar refractivity (Wildman–Crippen MR) is 68.1 cm³/mol. The molecule has 0 unspecified atom stereocenters. The molecular weight excluding hydrogens is 214 g/mol. The summed E-state index contributed by atoms with van der Waals surface area (Å²) >= 11 is 0. The van der Waals surface area contributed by atoms with Gasteiger partial charge in [0.2, 0.25) is 0 Å². The molecule has 0 amide bonds. The lowest BCUT2D eigenvalue weighted by molar-refractivity contribution is 0.340. The van der Waals surface area contributed by atoms with Gasteiger partial charge in [-0.2, -0.15) is 0 Å². The van der Waals surface area contributed by atoms with Crippen LogP contribution in [0.5, 0.6) is 5.75 Å². The zero-order chi connectivity index (χ0) is 12.1. The maximum atomic E-state index is 5.74. The van der Waals surface area contributed by atoms with Gasteiger partial charge >= 0.3 is 0 Å². The van der Waals surface area contributed by atoms with Crippen molar-refractivity contribution in [3.05, 3.63) is 42.2 Å². The van der Waals surface area contributed by atoms with Crippen molar-refractivity contribution in [2.75, 3.05) is 13.2 Å². The van der Waals surface area contributed by atoms with Crippen LogP contribution in [0.3, 0.4) is 0 Å². The van der Waals surface area contributed by atoms with Crippen molar-refractivity contribution < 1.29 is 9.15 Å². The molecule has 0 atom stereocenters. The molecule has 0 saturated heterocycles. The molecule has 0 aliphatic carbocycles. The molecule has 0 radical (unpaired) electrons. The lowest BCUT2D eigenvalue weighted by atomic mass is 10.1. The van der Waals surface area contributed by atoms with Crippen molar-refractivity contribution in [1.82, 2.24) is 0 Å². The monoisotopic (exact) mass is 231 g/mol. The number of para-hydroxylation sites is 1. The molecule has 0 spiro atoms. The van der Waals surface area contributed by atoms with E-state index in [4.69, 9.17) is 14.9 Å². The first-order chi connectivity index (χ1) is 8.35. The van der Waals surface area contributed by atoms with Crippen LogP contribution in [0.15, 0.2) is 40.8 Å². The van der Waals surface area contributed by atoms with Crippen molar-refractivity contribution in [2.45, 2.75) is 13.3 Å². The van der Waals surface area contributed by atoms with E-state index in [1.54, 1.807) is 0 Å². The van der Waals surface area contributed by atoms with Gasteiger partial charge in [-0.3, -0.25) is 0 Å².